The van der Waals surface area contributed by atoms with Gasteiger partial charge < -0.3 is 10.6 Å². The largest absolute Gasteiger partial charge is 0.352 e. The maximum Gasteiger partial charge on any atom is 0.251 e. The molecule has 0 aliphatic rings. The summed E-state index contributed by atoms with van der Waals surface area (Å²) in [5, 5.41) is 10.0. The minimum Gasteiger partial charge on any atom is -0.352 e. The molecule has 8 nitrogen and oxygen atoms in total. The summed E-state index contributed by atoms with van der Waals surface area (Å²) in [5.41, 5.74) is 0.988. The first-order valence-electron chi connectivity index (χ1n) is 7.77. The maximum atomic E-state index is 12.1. The third-order valence-electron chi connectivity index (χ3n) is 3.44. The molecular weight excluding hydrogens is 356 g/mol. The molecule has 3 aromatic rings. The van der Waals surface area contributed by atoms with E-state index in [-0.39, 0.29) is 24.8 Å². The van der Waals surface area contributed by atoms with E-state index in [9.17, 15) is 9.59 Å². The Labute approximate surface area is 154 Å². The van der Waals surface area contributed by atoms with E-state index in [1.807, 2.05) is 0 Å². The van der Waals surface area contributed by atoms with Gasteiger partial charge in [-0.3, -0.25) is 9.59 Å². The molecule has 2 heterocycles. The lowest BCUT2D eigenvalue weighted by Gasteiger charge is -2.10. The number of halogens is 1. The van der Waals surface area contributed by atoms with E-state index in [0.717, 1.165) is 0 Å². The van der Waals surface area contributed by atoms with Crippen LogP contribution in [0, 0.1) is 0 Å². The van der Waals surface area contributed by atoms with Gasteiger partial charge in [0.05, 0.1) is 5.69 Å². The highest BCUT2D eigenvalue weighted by atomic mass is 35.5. The summed E-state index contributed by atoms with van der Waals surface area (Å²) < 4.78 is 1.46. The Morgan fingerprint density at radius 1 is 1.15 bits per heavy atom. The molecule has 1 aromatic carbocycles. The van der Waals surface area contributed by atoms with Crippen LogP contribution in [0.2, 0.25) is 5.02 Å². The second-order valence-electron chi connectivity index (χ2n) is 5.28. The van der Waals surface area contributed by atoms with Gasteiger partial charge in [0.25, 0.3) is 5.91 Å². The first kappa shape index (κ1) is 17.6. The molecule has 0 bridgehead atoms. The first-order chi connectivity index (χ1) is 12.6. The molecule has 132 valence electrons. The number of aromatic nitrogens is 4. The summed E-state index contributed by atoms with van der Waals surface area (Å²) in [6.07, 6.45) is 4.58. The van der Waals surface area contributed by atoms with Crippen LogP contribution in [0.25, 0.3) is 5.82 Å². The van der Waals surface area contributed by atoms with E-state index < -0.39 is 0 Å². The molecule has 0 saturated heterocycles. The van der Waals surface area contributed by atoms with Crippen molar-refractivity contribution >= 4 is 29.1 Å². The second-order valence-corrected chi connectivity index (χ2v) is 5.71. The zero-order valence-corrected chi connectivity index (χ0v) is 14.3. The third kappa shape index (κ3) is 4.42. The van der Waals surface area contributed by atoms with Crippen LogP contribution in [0.1, 0.15) is 16.8 Å². The van der Waals surface area contributed by atoms with E-state index in [4.69, 9.17) is 11.6 Å². The van der Waals surface area contributed by atoms with Crippen LogP contribution >= 0.6 is 11.6 Å². The minimum absolute atomic E-state index is 0.116. The zero-order chi connectivity index (χ0) is 18.4. The van der Waals surface area contributed by atoms with E-state index >= 15 is 0 Å². The number of benzene rings is 1. The van der Waals surface area contributed by atoms with Gasteiger partial charge in [0, 0.05) is 29.7 Å². The lowest BCUT2D eigenvalue weighted by molar-refractivity contribution is -0.116. The number of carbonyl (C=O) groups is 2. The monoisotopic (exact) mass is 370 g/mol. The number of amides is 2. The summed E-state index contributed by atoms with van der Waals surface area (Å²) in [6.45, 7) is 0.201. The molecule has 2 N–H and O–H groups in total. The quantitative estimate of drug-likeness (QED) is 0.691. The molecule has 2 amide bonds. The van der Waals surface area contributed by atoms with Gasteiger partial charge >= 0.3 is 0 Å². The Kier molecular flexibility index (Phi) is 5.55. The summed E-state index contributed by atoms with van der Waals surface area (Å²) in [6, 6.07) is 9.94. The Morgan fingerprint density at radius 3 is 2.69 bits per heavy atom. The SMILES string of the molecule is O=C(CCNC(=O)c1ccc(Cl)cc1)Nc1cccnc1-n1cncn1. The summed E-state index contributed by atoms with van der Waals surface area (Å²) in [4.78, 5) is 32.2. The average Bonchev–Trinajstić information content (AvgIpc) is 3.17. The van der Waals surface area contributed by atoms with Crippen molar-refractivity contribution in [1.29, 1.82) is 0 Å². The molecule has 0 atom stereocenters. The van der Waals surface area contributed by atoms with Crippen LogP contribution in [0.4, 0.5) is 5.69 Å². The number of rotatable bonds is 6. The van der Waals surface area contributed by atoms with Crippen LogP contribution in [-0.4, -0.2) is 38.1 Å². The molecule has 26 heavy (non-hydrogen) atoms. The van der Waals surface area contributed by atoms with Crippen molar-refractivity contribution < 1.29 is 9.59 Å². The van der Waals surface area contributed by atoms with Crippen molar-refractivity contribution in [2.45, 2.75) is 6.42 Å². The summed E-state index contributed by atoms with van der Waals surface area (Å²) in [7, 11) is 0. The van der Waals surface area contributed by atoms with E-state index in [2.05, 4.69) is 25.7 Å². The summed E-state index contributed by atoms with van der Waals surface area (Å²) in [5.74, 6) is -0.0570. The third-order valence-corrected chi connectivity index (χ3v) is 3.69. The molecule has 0 radical (unpaired) electrons. The Balaban J connectivity index is 1.54. The van der Waals surface area contributed by atoms with E-state index in [0.29, 0.717) is 22.1 Å². The predicted molar refractivity (Wildman–Crippen MR) is 96.2 cm³/mol. The second kappa shape index (κ2) is 8.21. The highest BCUT2D eigenvalue weighted by molar-refractivity contribution is 6.30. The van der Waals surface area contributed by atoms with Gasteiger partial charge in [0.15, 0.2) is 5.82 Å². The fourth-order valence-electron chi connectivity index (χ4n) is 2.20. The number of hydrogen-bond donors (Lipinski definition) is 2. The minimum atomic E-state index is -0.265. The number of anilines is 1. The van der Waals surface area contributed by atoms with Crippen molar-refractivity contribution in [1.82, 2.24) is 25.1 Å². The molecule has 9 heteroatoms. The lowest BCUT2D eigenvalue weighted by Crippen LogP contribution is -2.27. The molecule has 0 fully saturated rings. The molecular formula is C17H15ClN6O2. The highest BCUT2D eigenvalue weighted by Crippen LogP contribution is 2.15. The topological polar surface area (TPSA) is 102 Å². The Morgan fingerprint density at radius 2 is 1.96 bits per heavy atom. The molecule has 0 saturated carbocycles. The van der Waals surface area contributed by atoms with Crippen molar-refractivity contribution in [3.05, 3.63) is 65.8 Å². The number of nitrogens with one attached hydrogen (secondary N) is 2. The Hall–Kier alpha value is -3.26. The summed E-state index contributed by atoms with van der Waals surface area (Å²) >= 11 is 5.79. The van der Waals surface area contributed by atoms with Crippen molar-refractivity contribution in [3.8, 4) is 5.82 Å². The van der Waals surface area contributed by atoms with Crippen LogP contribution in [0.3, 0.4) is 0 Å². The molecule has 0 spiro atoms. The standard InChI is InChI=1S/C17H15ClN6O2/c18-13-5-3-12(4-6-13)17(26)21-9-7-15(25)23-14-2-1-8-20-16(14)24-11-19-10-22-24/h1-6,8,10-11H,7,9H2,(H,21,26)(H,23,25). The molecule has 2 aromatic heterocycles. The van der Waals surface area contributed by atoms with Gasteiger partial charge in [-0.05, 0) is 36.4 Å². The molecule has 0 aliphatic carbocycles. The predicted octanol–water partition coefficient (Wildman–Crippen LogP) is 2.07. The van der Waals surface area contributed by atoms with Gasteiger partial charge in [-0.15, -0.1) is 0 Å². The van der Waals surface area contributed by atoms with Gasteiger partial charge in [0.2, 0.25) is 5.91 Å². The average molecular weight is 371 g/mol. The number of carbonyl (C=O) groups excluding carboxylic acids is 2. The number of nitrogens with zero attached hydrogens (tertiary/aromatic N) is 4. The fraction of sp³-hybridized carbons (Fsp3) is 0.118. The van der Waals surface area contributed by atoms with Crippen LogP contribution in [0.15, 0.2) is 55.2 Å². The zero-order valence-electron chi connectivity index (χ0n) is 13.6. The molecule has 3 rings (SSSR count). The smallest absolute Gasteiger partial charge is 0.251 e. The fourth-order valence-corrected chi connectivity index (χ4v) is 2.33. The first-order valence-corrected chi connectivity index (χ1v) is 8.15. The maximum absolute atomic E-state index is 12.1. The molecule has 0 aliphatic heterocycles. The van der Waals surface area contributed by atoms with Crippen molar-refractivity contribution in [2.75, 3.05) is 11.9 Å². The Bertz CT molecular complexity index is 896. The molecule has 0 unspecified atom stereocenters. The van der Waals surface area contributed by atoms with Crippen LogP contribution in [-0.2, 0) is 4.79 Å². The van der Waals surface area contributed by atoms with E-state index in [1.165, 1.54) is 17.3 Å². The van der Waals surface area contributed by atoms with Gasteiger partial charge in [-0.2, -0.15) is 5.10 Å². The van der Waals surface area contributed by atoms with Gasteiger partial charge in [0.1, 0.15) is 12.7 Å². The van der Waals surface area contributed by atoms with E-state index in [1.54, 1.807) is 42.6 Å². The lowest BCUT2D eigenvalue weighted by atomic mass is 10.2. The normalized spacial score (nSPS) is 10.3. The van der Waals surface area contributed by atoms with Gasteiger partial charge in [-0.25, -0.2) is 14.6 Å². The van der Waals surface area contributed by atoms with Crippen molar-refractivity contribution in [2.24, 2.45) is 0 Å². The van der Waals surface area contributed by atoms with Crippen molar-refractivity contribution in [3.63, 3.8) is 0 Å². The highest BCUT2D eigenvalue weighted by Gasteiger charge is 2.11. The van der Waals surface area contributed by atoms with Crippen LogP contribution < -0.4 is 10.6 Å². The number of pyridine rings is 1. The number of hydrogen-bond acceptors (Lipinski definition) is 5. The van der Waals surface area contributed by atoms with Crippen LogP contribution in [0.5, 0.6) is 0 Å². The van der Waals surface area contributed by atoms with Gasteiger partial charge in [-0.1, -0.05) is 11.6 Å².